The third kappa shape index (κ3) is 3.50. The summed E-state index contributed by atoms with van der Waals surface area (Å²) in [6, 6.07) is 7.81. The summed E-state index contributed by atoms with van der Waals surface area (Å²) in [5, 5.41) is 0.628. The summed E-state index contributed by atoms with van der Waals surface area (Å²) in [5.41, 5.74) is 3.67. The number of nitrogens with one attached hydrogen (secondary N) is 1. The Bertz CT molecular complexity index is 486. The van der Waals surface area contributed by atoms with Crippen LogP contribution in [0.25, 0.3) is 0 Å². The van der Waals surface area contributed by atoms with E-state index in [4.69, 9.17) is 17.4 Å². The Morgan fingerprint density at radius 3 is 2.76 bits per heavy atom. The summed E-state index contributed by atoms with van der Waals surface area (Å²) in [6.07, 6.45) is 2.44. The highest BCUT2D eigenvalue weighted by Gasteiger charge is 2.13. The number of nitrogens with zero attached hydrogens (tertiary/aromatic N) is 1. The highest BCUT2D eigenvalue weighted by atomic mass is 79.9. The van der Waals surface area contributed by atoms with Crippen LogP contribution in [0, 0.1) is 0 Å². The first kappa shape index (κ1) is 13.0. The van der Waals surface area contributed by atoms with Gasteiger partial charge >= 0.3 is 0 Å². The molecule has 2 aromatic rings. The number of aromatic nitrogens is 1. The van der Waals surface area contributed by atoms with E-state index < -0.39 is 0 Å². The quantitative estimate of drug-likeness (QED) is 0.667. The summed E-state index contributed by atoms with van der Waals surface area (Å²) >= 11 is 10.9. The van der Waals surface area contributed by atoms with Crippen LogP contribution in [0.4, 0.5) is 0 Å². The van der Waals surface area contributed by atoms with Crippen LogP contribution in [0.15, 0.2) is 34.2 Å². The third-order valence-corrected chi connectivity index (χ3v) is 4.21. The molecule has 90 valence electrons. The topological polar surface area (TPSA) is 50.9 Å². The van der Waals surface area contributed by atoms with E-state index >= 15 is 0 Å². The molecule has 1 unspecified atom stereocenters. The van der Waals surface area contributed by atoms with Crippen LogP contribution in [0.5, 0.6) is 0 Å². The van der Waals surface area contributed by atoms with Crippen molar-refractivity contribution in [2.45, 2.75) is 12.5 Å². The van der Waals surface area contributed by atoms with E-state index in [0.29, 0.717) is 5.02 Å². The number of halogens is 2. The average Bonchev–Trinajstić information content (AvgIpc) is 2.73. The Balaban J connectivity index is 2.13. The van der Waals surface area contributed by atoms with Crippen LogP contribution in [0.1, 0.15) is 16.6 Å². The number of nitrogens with two attached hydrogens (primary N) is 1. The molecule has 0 amide bonds. The molecule has 1 atom stereocenters. The number of pyridine rings is 1. The molecule has 0 aliphatic carbocycles. The fourth-order valence-corrected chi connectivity index (χ4v) is 3.15. The second kappa shape index (κ2) is 5.93. The van der Waals surface area contributed by atoms with E-state index in [1.54, 1.807) is 17.5 Å². The molecule has 0 aliphatic rings. The molecule has 2 aromatic heterocycles. The van der Waals surface area contributed by atoms with Crippen LogP contribution >= 0.6 is 38.9 Å². The molecular formula is C11H11BrClN3S. The monoisotopic (exact) mass is 331 g/mol. The van der Waals surface area contributed by atoms with E-state index in [-0.39, 0.29) is 6.04 Å². The Morgan fingerprint density at radius 1 is 1.41 bits per heavy atom. The SMILES string of the molecule is NNC(Cc1ccc(Br)s1)c1ccc(Cl)cn1. The predicted molar refractivity (Wildman–Crippen MR) is 75.0 cm³/mol. The molecule has 17 heavy (non-hydrogen) atoms. The maximum atomic E-state index is 5.80. The fourth-order valence-electron chi connectivity index (χ4n) is 1.50. The van der Waals surface area contributed by atoms with Gasteiger partial charge in [0.25, 0.3) is 0 Å². The standard InChI is InChI=1S/C11H11BrClN3S/c12-11-4-2-8(17-11)5-10(16-14)9-3-1-7(13)6-15-9/h1-4,6,10,16H,5,14H2. The van der Waals surface area contributed by atoms with Crippen molar-refractivity contribution < 1.29 is 0 Å². The molecule has 6 heteroatoms. The first-order chi connectivity index (χ1) is 8.19. The number of hydrogen-bond donors (Lipinski definition) is 2. The van der Waals surface area contributed by atoms with Gasteiger partial charge in [0, 0.05) is 17.5 Å². The van der Waals surface area contributed by atoms with Crippen molar-refractivity contribution in [3.63, 3.8) is 0 Å². The smallest absolute Gasteiger partial charge is 0.0701 e. The van der Waals surface area contributed by atoms with Crippen LogP contribution in [0.2, 0.25) is 5.02 Å². The van der Waals surface area contributed by atoms with E-state index in [1.165, 1.54) is 4.88 Å². The summed E-state index contributed by atoms with van der Waals surface area (Å²) in [6.45, 7) is 0. The van der Waals surface area contributed by atoms with Gasteiger partial charge in [-0.25, -0.2) is 0 Å². The van der Waals surface area contributed by atoms with Crippen molar-refractivity contribution in [1.29, 1.82) is 0 Å². The summed E-state index contributed by atoms with van der Waals surface area (Å²) in [4.78, 5) is 5.52. The molecule has 0 aliphatic heterocycles. The fraction of sp³-hybridized carbons (Fsp3) is 0.182. The van der Waals surface area contributed by atoms with Crippen molar-refractivity contribution in [3.8, 4) is 0 Å². The molecule has 2 rings (SSSR count). The molecule has 0 fully saturated rings. The number of rotatable bonds is 4. The third-order valence-electron chi connectivity index (χ3n) is 2.34. The molecule has 0 radical (unpaired) electrons. The first-order valence-electron chi connectivity index (χ1n) is 5.01. The number of hydrazine groups is 1. The van der Waals surface area contributed by atoms with E-state index in [1.807, 2.05) is 18.2 Å². The van der Waals surface area contributed by atoms with E-state index in [2.05, 4.69) is 32.4 Å². The van der Waals surface area contributed by atoms with Gasteiger partial charge in [-0.05, 0) is 40.2 Å². The van der Waals surface area contributed by atoms with Crippen LogP contribution in [-0.2, 0) is 6.42 Å². The van der Waals surface area contributed by atoms with Gasteiger partial charge in [-0.1, -0.05) is 11.6 Å². The first-order valence-corrected chi connectivity index (χ1v) is 6.99. The zero-order valence-electron chi connectivity index (χ0n) is 8.86. The molecule has 0 saturated carbocycles. The summed E-state index contributed by atoms with van der Waals surface area (Å²) < 4.78 is 1.12. The Labute approximate surface area is 117 Å². The highest BCUT2D eigenvalue weighted by Crippen LogP contribution is 2.26. The minimum Gasteiger partial charge on any atom is -0.271 e. The van der Waals surface area contributed by atoms with Crippen molar-refractivity contribution in [2.24, 2.45) is 5.84 Å². The average molecular weight is 333 g/mol. The summed E-state index contributed by atoms with van der Waals surface area (Å²) in [5.74, 6) is 5.57. The Kier molecular flexibility index (Phi) is 4.53. The van der Waals surface area contributed by atoms with E-state index in [9.17, 15) is 0 Å². The van der Waals surface area contributed by atoms with Crippen molar-refractivity contribution in [1.82, 2.24) is 10.4 Å². The van der Waals surface area contributed by atoms with Crippen molar-refractivity contribution >= 4 is 38.9 Å². The van der Waals surface area contributed by atoms with Crippen LogP contribution in [0.3, 0.4) is 0 Å². The molecular weight excluding hydrogens is 322 g/mol. The lowest BCUT2D eigenvalue weighted by atomic mass is 10.1. The molecule has 3 nitrogen and oxygen atoms in total. The maximum Gasteiger partial charge on any atom is 0.0701 e. The van der Waals surface area contributed by atoms with Gasteiger partial charge in [-0.15, -0.1) is 11.3 Å². The number of thiophene rings is 1. The van der Waals surface area contributed by atoms with Gasteiger partial charge in [0.05, 0.1) is 20.5 Å². The lowest BCUT2D eigenvalue weighted by Gasteiger charge is -2.14. The Morgan fingerprint density at radius 2 is 2.24 bits per heavy atom. The second-order valence-electron chi connectivity index (χ2n) is 3.53. The van der Waals surface area contributed by atoms with Gasteiger partial charge in [0.2, 0.25) is 0 Å². The Hall–Kier alpha value is -0.460. The van der Waals surface area contributed by atoms with Gasteiger partial charge in [-0.3, -0.25) is 16.3 Å². The van der Waals surface area contributed by atoms with Crippen LogP contribution in [-0.4, -0.2) is 4.98 Å². The van der Waals surface area contributed by atoms with Crippen LogP contribution < -0.4 is 11.3 Å². The number of hydrogen-bond acceptors (Lipinski definition) is 4. The lowest BCUT2D eigenvalue weighted by Crippen LogP contribution is -2.30. The second-order valence-corrected chi connectivity index (χ2v) is 6.51. The normalized spacial score (nSPS) is 12.6. The van der Waals surface area contributed by atoms with Gasteiger partial charge in [-0.2, -0.15) is 0 Å². The predicted octanol–water partition coefficient (Wildman–Crippen LogP) is 3.31. The minimum atomic E-state index is -0.00202. The lowest BCUT2D eigenvalue weighted by molar-refractivity contribution is 0.542. The van der Waals surface area contributed by atoms with E-state index in [0.717, 1.165) is 15.9 Å². The largest absolute Gasteiger partial charge is 0.271 e. The molecule has 0 aromatic carbocycles. The maximum absolute atomic E-state index is 5.80. The molecule has 0 bridgehead atoms. The highest BCUT2D eigenvalue weighted by molar-refractivity contribution is 9.11. The van der Waals surface area contributed by atoms with Gasteiger partial charge in [0.15, 0.2) is 0 Å². The molecule has 0 saturated heterocycles. The molecule has 3 N–H and O–H groups in total. The van der Waals surface area contributed by atoms with Crippen molar-refractivity contribution in [2.75, 3.05) is 0 Å². The summed E-state index contributed by atoms with van der Waals surface area (Å²) in [7, 11) is 0. The molecule has 2 heterocycles. The van der Waals surface area contributed by atoms with Crippen molar-refractivity contribution in [3.05, 3.63) is 49.8 Å². The van der Waals surface area contributed by atoms with Gasteiger partial charge < -0.3 is 0 Å². The zero-order valence-corrected chi connectivity index (χ0v) is 12.0. The minimum absolute atomic E-state index is 0.00202. The van der Waals surface area contributed by atoms with Gasteiger partial charge in [0.1, 0.15) is 0 Å². The molecule has 0 spiro atoms. The zero-order chi connectivity index (χ0) is 12.3.